The summed E-state index contributed by atoms with van der Waals surface area (Å²) in [7, 11) is 0. The number of piperazine rings is 1. The van der Waals surface area contributed by atoms with Crippen molar-refractivity contribution in [3.8, 4) is 17.1 Å². The number of benzene rings is 1. The molecule has 1 aliphatic heterocycles. The number of aromatic nitrogens is 5. The number of fused-ring (bicyclic) bond motifs is 1. The van der Waals surface area contributed by atoms with Gasteiger partial charge < -0.3 is 14.6 Å². The summed E-state index contributed by atoms with van der Waals surface area (Å²) in [5.74, 6) is 3.03. The summed E-state index contributed by atoms with van der Waals surface area (Å²) in [6.45, 7) is 15.4. The minimum Gasteiger partial charge on any atom is -0.493 e. The predicted octanol–water partition coefficient (Wildman–Crippen LogP) is 4.59. The van der Waals surface area contributed by atoms with Crippen LogP contribution in [0.3, 0.4) is 0 Å². The summed E-state index contributed by atoms with van der Waals surface area (Å²) >= 11 is 0. The molecule has 0 bridgehead atoms. The van der Waals surface area contributed by atoms with E-state index in [0.29, 0.717) is 29.4 Å². The highest BCUT2D eigenvalue weighted by Crippen LogP contribution is 2.31. The Morgan fingerprint density at radius 1 is 1.08 bits per heavy atom. The van der Waals surface area contributed by atoms with Gasteiger partial charge in [0.05, 0.1) is 17.9 Å². The van der Waals surface area contributed by atoms with E-state index in [-0.39, 0.29) is 11.0 Å². The summed E-state index contributed by atoms with van der Waals surface area (Å²) in [6, 6.07) is 12.2. The normalized spacial score (nSPS) is 14.7. The minimum absolute atomic E-state index is 0.193. The van der Waals surface area contributed by atoms with Crippen molar-refractivity contribution in [2.75, 3.05) is 37.7 Å². The third kappa shape index (κ3) is 5.54. The number of aromatic amines is 1. The van der Waals surface area contributed by atoms with E-state index < -0.39 is 0 Å². The number of rotatable bonds is 9. The second kappa shape index (κ2) is 11.2. The topological polar surface area (TPSA) is 91.7 Å². The highest BCUT2D eigenvalue weighted by atomic mass is 16.5. The van der Waals surface area contributed by atoms with E-state index in [1.54, 1.807) is 4.52 Å². The van der Waals surface area contributed by atoms with E-state index in [1.807, 2.05) is 38.2 Å². The third-order valence-electron chi connectivity index (χ3n) is 7.51. The van der Waals surface area contributed by atoms with Crippen LogP contribution in [0, 0.1) is 6.92 Å². The van der Waals surface area contributed by atoms with Crippen LogP contribution in [0.2, 0.25) is 0 Å². The van der Waals surface area contributed by atoms with Gasteiger partial charge >= 0.3 is 0 Å². The Bertz CT molecular complexity index is 1480. The lowest BCUT2D eigenvalue weighted by atomic mass is 9.87. The molecule has 5 rings (SSSR count). The van der Waals surface area contributed by atoms with Gasteiger partial charge in [-0.25, -0.2) is 14.5 Å². The zero-order valence-electron chi connectivity index (χ0n) is 23.7. The number of ether oxygens (including phenoxy) is 1. The average Bonchev–Trinajstić information content (AvgIpc) is 3.28. The third-order valence-corrected chi connectivity index (χ3v) is 7.51. The molecule has 9 nitrogen and oxygen atoms in total. The van der Waals surface area contributed by atoms with Crippen LogP contribution in [0.5, 0.6) is 5.75 Å². The highest BCUT2D eigenvalue weighted by Gasteiger charge is 2.28. The lowest BCUT2D eigenvalue weighted by molar-refractivity contribution is 0.249. The zero-order valence-corrected chi connectivity index (χ0v) is 23.7. The van der Waals surface area contributed by atoms with Crippen molar-refractivity contribution >= 4 is 11.3 Å². The molecule has 1 N–H and O–H groups in total. The lowest BCUT2D eigenvalue weighted by Gasteiger charge is -2.35. The summed E-state index contributed by atoms with van der Waals surface area (Å²) in [6.07, 6.45) is 3.81. The quantitative estimate of drug-likeness (QED) is 0.339. The molecule has 9 heteroatoms. The Balaban J connectivity index is 1.46. The van der Waals surface area contributed by atoms with Gasteiger partial charge in [-0.15, -0.1) is 5.10 Å². The maximum absolute atomic E-state index is 13.3. The van der Waals surface area contributed by atoms with Crippen molar-refractivity contribution in [3.05, 3.63) is 70.0 Å². The van der Waals surface area contributed by atoms with Crippen molar-refractivity contribution in [3.63, 3.8) is 0 Å². The second-order valence-electron chi connectivity index (χ2n) is 10.9. The maximum Gasteiger partial charge on any atom is 0.277 e. The monoisotopic (exact) mass is 529 g/mol. The van der Waals surface area contributed by atoms with E-state index in [0.717, 1.165) is 68.3 Å². The van der Waals surface area contributed by atoms with E-state index in [4.69, 9.17) is 14.8 Å². The van der Waals surface area contributed by atoms with Crippen LogP contribution in [0.15, 0.2) is 47.4 Å². The molecule has 0 saturated carbocycles. The Morgan fingerprint density at radius 2 is 1.87 bits per heavy atom. The highest BCUT2D eigenvalue weighted by molar-refractivity contribution is 5.66. The van der Waals surface area contributed by atoms with Gasteiger partial charge in [0.25, 0.3) is 5.56 Å². The van der Waals surface area contributed by atoms with Crippen molar-refractivity contribution in [1.29, 1.82) is 0 Å². The molecule has 1 aliphatic rings. The molecule has 0 amide bonds. The molecule has 0 spiro atoms. The van der Waals surface area contributed by atoms with E-state index >= 15 is 0 Å². The summed E-state index contributed by atoms with van der Waals surface area (Å²) in [5.41, 5.74) is 2.71. The first-order valence-electron chi connectivity index (χ1n) is 13.9. The van der Waals surface area contributed by atoms with Crippen molar-refractivity contribution < 1.29 is 4.74 Å². The fourth-order valence-electron chi connectivity index (χ4n) is 5.54. The van der Waals surface area contributed by atoms with Crippen molar-refractivity contribution in [1.82, 2.24) is 29.5 Å². The lowest BCUT2D eigenvalue weighted by Crippen LogP contribution is -2.46. The molecule has 0 radical (unpaired) electrons. The number of aryl methyl sites for hydroxylation is 1. The molecule has 0 unspecified atom stereocenters. The average molecular weight is 530 g/mol. The SMILES string of the molecule is CCCC(C)(C)c1nc(C)c2c(=O)[nH]c(-c3cc(CN4CCN(c5ccccn5)CC4)ccc3OCC)nn12. The number of H-pyrrole nitrogens is 1. The van der Waals surface area contributed by atoms with Crippen LogP contribution in [-0.4, -0.2) is 62.3 Å². The Kier molecular flexibility index (Phi) is 7.70. The molecule has 0 atom stereocenters. The smallest absolute Gasteiger partial charge is 0.277 e. The van der Waals surface area contributed by atoms with Crippen LogP contribution in [0.25, 0.3) is 16.9 Å². The molecule has 0 aliphatic carbocycles. The molecule has 3 aromatic heterocycles. The maximum atomic E-state index is 13.3. The van der Waals surface area contributed by atoms with E-state index in [2.05, 4.69) is 58.7 Å². The van der Waals surface area contributed by atoms with Gasteiger partial charge in [-0.05, 0) is 50.1 Å². The van der Waals surface area contributed by atoms with Gasteiger partial charge in [-0.1, -0.05) is 39.3 Å². The standard InChI is InChI=1S/C30H39N7O2/c1-6-13-30(4,5)29-32-21(3)26-28(38)33-27(34-37(26)29)23-19-22(11-12-24(23)39-7-2)20-35-15-17-36(18-16-35)25-10-8-9-14-31-25/h8-12,14,19H,6-7,13,15-18,20H2,1-5H3,(H,33,34,38). The zero-order chi connectivity index (χ0) is 27.6. The molecule has 206 valence electrons. The van der Waals surface area contributed by atoms with Crippen LogP contribution in [-0.2, 0) is 12.0 Å². The predicted molar refractivity (Wildman–Crippen MR) is 155 cm³/mol. The van der Waals surface area contributed by atoms with E-state index in [9.17, 15) is 4.79 Å². The summed E-state index contributed by atoms with van der Waals surface area (Å²) < 4.78 is 7.73. The first-order chi connectivity index (χ1) is 18.8. The number of pyridine rings is 1. The first kappa shape index (κ1) is 26.9. The molecule has 4 heterocycles. The van der Waals surface area contributed by atoms with Crippen LogP contribution in [0.1, 0.15) is 57.6 Å². The number of anilines is 1. The molecule has 4 aromatic rings. The Labute approximate surface area is 229 Å². The minimum atomic E-state index is -0.216. The number of nitrogens with zero attached hydrogens (tertiary/aromatic N) is 6. The summed E-state index contributed by atoms with van der Waals surface area (Å²) in [4.78, 5) is 30.4. The number of imidazole rings is 1. The fourth-order valence-corrected chi connectivity index (χ4v) is 5.54. The molecule has 1 fully saturated rings. The molecular weight excluding hydrogens is 490 g/mol. The van der Waals surface area contributed by atoms with Gasteiger partial charge in [-0.2, -0.15) is 0 Å². The fraction of sp³-hybridized carbons (Fsp3) is 0.467. The van der Waals surface area contributed by atoms with Gasteiger partial charge in [-0.3, -0.25) is 9.69 Å². The number of nitrogens with one attached hydrogen (secondary N) is 1. The van der Waals surface area contributed by atoms with Crippen LogP contribution >= 0.6 is 0 Å². The van der Waals surface area contributed by atoms with E-state index in [1.165, 1.54) is 0 Å². The van der Waals surface area contributed by atoms with Crippen LogP contribution < -0.4 is 15.2 Å². The van der Waals surface area contributed by atoms with Gasteiger partial charge in [0.15, 0.2) is 11.3 Å². The van der Waals surface area contributed by atoms with Crippen molar-refractivity contribution in [2.24, 2.45) is 0 Å². The van der Waals surface area contributed by atoms with Gasteiger partial charge in [0.1, 0.15) is 17.4 Å². The summed E-state index contributed by atoms with van der Waals surface area (Å²) in [5, 5.41) is 4.94. The first-order valence-corrected chi connectivity index (χ1v) is 13.9. The molecule has 1 aromatic carbocycles. The number of hydrogen-bond donors (Lipinski definition) is 1. The second-order valence-corrected chi connectivity index (χ2v) is 10.9. The van der Waals surface area contributed by atoms with Gasteiger partial charge in [0, 0.05) is 44.3 Å². The number of hydrogen-bond acceptors (Lipinski definition) is 7. The molecular formula is C30H39N7O2. The van der Waals surface area contributed by atoms with Crippen molar-refractivity contribution in [2.45, 2.75) is 59.4 Å². The Hall–Kier alpha value is -3.72. The molecule has 39 heavy (non-hydrogen) atoms. The van der Waals surface area contributed by atoms with Gasteiger partial charge in [0.2, 0.25) is 0 Å². The van der Waals surface area contributed by atoms with Crippen LogP contribution in [0.4, 0.5) is 5.82 Å². The Morgan fingerprint density at radius 3 is 2.56 bits per heavy atom. The molecule has 1 saturated heterocycles. The largest absolute Gasteiger partial charge is 0.493 e.